The second kappa shape index (κ2) is 6.45. The van der Waals surface area contributed by atoms with E-state index in [0.717, 1.165) is 36.1 Å². The molecule has 3 unspecified atom stereocenters. The molecule has 1 aromatic carbocycles. The molecule has 3 nitrogen and oxygen atoms in total. The molecule has 1 aromatic rings. The summed E-state index contributed by atoms with van der Waals surface area (Å²) >= 11 is 6.33. The van der Waals surface area contributed by atoms with Crippen molar-refractivity contribution in [3.05, 3.63) is 22.7 Å². The van der Waals surface area contributed by atoms with E-state index < -0.39 is 0 Å². The van der Waals surface area contributed by atoms with Crippen molar-refractivity contribution in [2.75, 3.05) is 13.2 Å². The minimum Gasteiger partial charge on any atom is -0.489 e. The largest absolute Gasteiger partial charge is 0.489 e. The molecular formula is C17H24ClNO2. The predicted molar refractivity (Wildman–Crippen MR) is 85.2 cm³/mol. The zero-order valence-electron chi connectivity index (χ0n) is 12.8. The van der Waals surface area contributed by atoms with E-state index in [9.17, 15) is 0 Å². The van der Waals surface area contributed by atoms with Crippen LogP contribution in [0.15, 0.2) is 12.1 Å². The maximum absolute atomic E-state index is 6.33. The molecule has 4 heteroatoms. The standard InChI is InChI=1S/C17H24ClNO2/c1-11-4-5-15(12(11)2)19-10-13-8-14(18)17-16(9-13)20-6-3-7-21-17/h8-9,11-12,15,19H,3-7,10H2,1-2H3. The molecule has 1 aliphatic heterocycles. The van der Waals surface area contributed by atoms with Gasteiger partial charge in [0.2, 0.25) is 0 Å². The molecule has 21 heavy (non-hydrogen) atoms. The first-order valence-corrected chi connectivity index (χ1v) is 8.34. The smallest absolute Gasteiger partial charge is 0.179 e. The quantitative estimate of drug-likeness (QED) is 0.914. The Bertz CT molecular complexity index is 506. The summed E-state index contributed by atoms with van der Waals surface area (Å²) in [6, 6.07) is 4.66. The Morgan fingerprint density at radius 2 is 2.00 bits per heavy atom. The van der Waals surface area contributed by atoms with E-state index in [0.29, 0.717) is 30.0 Å². The average molecular weight is 310 g/mol. The fraction of sp³-hybridized carbons (Fsp3) is 0.647. The summed E-state index contributed by atoms with van der Waals surface area (Å²) < 4.78 is 11.4. The van der Waals surface area contributed by atoms with Crippen molar-refractivity contribution in [3.8, 4) is 11.5 Å². The number of fused-ring (bicyclic) bond motifs is 1. The van der Waals surface area contributed by atoms with Crippen LogP contribution in [0.5, 0.6) is 11.5 Å². The Balaban J connectivity index is 1.69. The zero-order chi connectivity index (χ0) is 14.8. The molecule has 3 rings (SSSR count). The molecule has 3 atom stereocenters. The molecule has 116 valence electrons. The highest BCUT2D eigenvalue weighted by Crippen LogP contribution is 2.38. The molecule has 0 radical (unpaired) electrons. The van der Waals surface area contributed by atoms with Crippen LogP contribution in [-0.4, -0.2) is 19.3 Å². The van der Waals surface area contributed by atoms with Gasteiger partial charge in [-0.25, -0.2) is 0 Å². The second-order valence-corrected chi connectivity index (χ2v) is 6.76. The van der Waals surface area contributed by atoms with Crippen molar-refractivity contribution < 1.29 is 9.47 Å². The molecule has 1 heterocycles. The van der Waals surface area contributed by atoms with E-state index in [-0.39, 0.29) is 0 Å². The highest BCUT2D eigenvalue weighted by Gasteiger charge is 2.29. The van der Waals surface area contributed by atoms with Crippen molar-refractivity contribution in [1.82, 2.24) is 5.32 Å². The third-order valence-electron chi connectivity index (χ3n) is 4.90. The maximum Gasteiger partial charge on any atom is 0.179 e. The van der Waals surface area contributed by atoms with Crippen molar-refractivity contribution in [1.29, 1.82) is 0 Å². The lowest BCUT2D eigenvalue weighted by molar-refractivity contribution is 0.297. The molecule has 0 bridgehead atoms. The van der Waals surface area contributed by atoms with Crippen LogP contribution < -0.4 is 14.8 Å². The van der Waals surface area contributed by atoms with Crippen LogP contribution in [0.1, 0.15) is 38.7 Å². The van der Waals surface area contributed by atoms with E-state index in [1.54, 1.807) is 0 Å². The molecule has 1 N–H and O–H groups in total. The number of hydrogen-bond acceptors (Lipinski definition) is 3. The summed E-state index contributed by atoms with van der Waals surface area (Å²) in [6.07, 6.45) is 3.48. The average Bonchev–Trinajstić information content (AvgIpc) is 2.68. The van der Waals surface area contributed by atoms with Crippen LogP contribution in [-0.2, 0) is 6.54 Å². The van der Waals surface area contributed by atoms with E-state index in [1.165, 1.54) is 12.8 Å². The van der Waals surface area contributed by atoms with Gasteiger partial charge in [-0.1, -0.05) is 25.4 Å². The summed E-state index contributed by atoms with van der Waals surface area (Å²) in [4.78, 5) is 0. The van der Waals surface area contributed by atoms with Gasteiger partial charge in [0.25, 0.3) is 0 Å². The van der Waals surface area contributed by atoms with Gasteiger partial charge < -0.3 is 14.8 Å². The lowest BCUT2D eigenvalue weighted by Gasteiger charge is -2.20. The van der Waals surface area contributed by atoms with Crippen molar-refractivity contribution in [2.24, 2.45) is 11.8 Å². The van der Waals surface area contributed by atoms with Gasteiger partial charge in [0, 0.05) is 19.0 Å². The van der Waals surface area contributed by atoms with E-state index in [4.69, 9.17) is 21.1 Å². The second-order valence-electron chi connectivity index (χ2n) is 6.36. The SMILES string of the molecule is CC1CCC(NCc2cc(Cl)c3c(c2)OCCCO3)C1C. The molecule has 1 aliphatic carbocycles. The van der Waals surface area contributed by atoms with Gasteiger partial charge in [-0.3, -0.25) is 0 Å². The number of halogens is 1. The monoisotopic (exact) mass is 309 g/mol. The maximum atomic E-state index is 6.33. The lowest BCUT2D eigenvalue weighted by Crippen LogP contribution is -2.31. The first kappa shape index (κ1) is 15.0. The molecule has 0 saturated heterocycles. The fourth-order valence-corrected chi connectivity index (χ4v) is 3.58. The van der Waals surface area contributed by atoms with Crippen LogP contribution in [0.2, 0.25) is 5.02 Å². The highest BCUT2D eigenvalue weighted by atomic mass is 35.5. The molecule has 0 aromatic heterocycles. The number of ether oxygens (including phenoxy) is 2. The highest BCUT2D eigenvalue weighted by molar-refractivity contribution is 6.32. The van der Waals surface area contributed by atoms with Gasteiger partial charge in [0.1, 0.15) is 0 Å². The minimum absolute atomic E-state index is 0.606. The van der Waals surface area contributed by atoms with Gasteiger partial charge in [-0.05, 0) is 42.4 Å². The van der Waals surface area contributed by atoms with Crippen molar-refractivity contribution in [2.45, 2.75) is 45.7 Å². The molecule has 0 spiro atoms. The molecule has 1 saturated carbocycles. The van der Waals surface area contributed by atoms with Gasteiger partial charge in [-0.15, -0.1) is 0 Å². The van der Waals surface area contributed by atoms with Crippen molar-refractivity contribution in [3.63, 3.8) is 0 Å². The van der Waals surface area contributed by atoms with E-state index in [2.05, 4.69) is 25.2 Å². The Labute approximate surface area is 132 Å². The van der Waals surface area contributed by atoms with Gasteiger partial charge in [0.15, 0.2) is 11.5 Å². The molecular weight excluding hydrogens is 286 g/mol. The summed E-state index contributed by atoms with van der Waals surface area (Å²) in [7, 11) is 0. The molecule has 2 aliphatic rings. The summed E-state index contributed by atoms with van der Waals surface area (Å²) in [6.45, 7) is 6.88. The van der Waals surface area contributed by atoms with Gasteiger partial charge >= 0.3 is 0 Å². The Kier molecular flexibility index (Phi) is 4.60. The number of benzene rings is 1. The molecule has 1 fully saturated rings. The number of nitrogens with one attached hydrogen (secondary N) is 1. The third kappa shape index (κ3) is 3.29. The van der Waals surface area contributed by atoms with Gasteiger partial charge in [0.05, 0.1) is 18.2 Å². The van der Waals surface area contributed by atoms with Crippen molar-refractivity contribution >= 4 is 11.6 Å². The van der Waals surface area contributed by atoms with E-state index in [1.807, 2.05) is 6.07 Å². The summed E-state index contributed by atoms with van der Waals surface area (Å²) in [5.41, 5.74) is 1.16. The van der Waals surface area contributed by atoms with Gasteiger partial charge in [-0.2, -0.15) is 0 Å². The third-order valence-corrected chi connectivity index (χ3v) is 5.18. The summed E-state index contributed by atoms with van der Waals surface area (Å²) in [5, 5.41) is 4.32. The zero-order valence-corrected chi connectivity index (χ0v) is 13.6. The Morgan fingerprint density at radius 1 is 1.19 bits per heavy atom. The Morgan fingerprint density at radius 3 is 2.76 bits per heavy atom. The Hall–Kier alpha value is -0.930. The number of hydrogen-bond donors (Lipinski definition) is 1. The summed E-state index contributed by atoms with van der Waals surface area (Å²) in [5.74, 6) is 3.03. The van der Waals surface area contributed by atoms with Crippen LogP contribution in [0.3, 0.4) is 0 Å². The normalized spacial score (nSPS) is 28.4. The van der Waals surface area contributed by atoms with E-state index >= 15 is 0 Å². The van der Waals surface area contributed by atoms with Crippen LogP contribution in [0.25, 0.3) is 0 Å². The lowest BCUT2D eigenvalue weighted by atomic mass is 9.97. The first-order chi connectivity index (χ1) is 10.1. The predicted octanol–water partition coefficient (Wildman–Crippen LogP) is 4.03. The number of rotatable bonds is 3. The van der Waals surface area contributed by atoms with Crippen LogP contribution >= 0.6 is 11.6 Å². The molecule has 0 amide bonds. The minimum atomic E-state index is 0.606. The van der Waals surface area contributed by atoms with Crippen LogP contribution in [0, 0.1) is 11.8 Å². The fourth-order valence-electron chi connectivity index (χ4n) is 3.29. The van der Waals surface area contributed by atoms with Crippen LogP contribution in [0.4, 0.5) is 0 Å². The topological polar surface area (TPSA) is 30.5 Å². The first-order valence-electron chi connectivity index (χ1n) is 7.96.